The lowest BCUT2D eigenvalue weighted by Crippen LogP contribution is -2.24. The van der Waals surface area contributed by atoms with Crippen molar-refractivity contribution in [3.63, 3.8) is 0 Å². The summed E-state index contributed by atoms with van der Waals surface area (Å²) in [5, 5.41) is 4.93. The zero-order valence-corrected chi connectivity index (χ0v) is 17.2. The van der Waals surface area contributed by atoms with Crippen LogP contribution in [-0.2, 0) is 14.8 Å². The van der Waals surface area contributed by atoms with Crippen LogP contribution in [0.15, 0.2) is 72.1 Å². The zero-order chi connectivity index (χ0) is 20.3. The van der Waals surface area contributed by atoms with E-state index in [1.807, 2.05) is 53.9 Å². The summed E-state index contributed by atoms with van der Waals surface area (Å²) < 4.78 is 25.5. The average Bonchev–Trinajstić information content (AvgIpc) is 3.37. The van der Waals surface area contributed by atoms with E-state index in [9.17, 15) is 13.2 Å². The first-order valence-corrected chi connectivity index (χ1v) is 11.7. The van der Waals surface area contributed by atoms with Crippen LogP contribution in [0.4, 0.5) is 11.4 Å². The normalized spacial score (nSPS) is 15.7. The van der Waals surface area contributed by atoms with Crippen LogP contribution in [0.1, 0.15) is 12.0 Å². The van der Waals surface area contributed by atoms with Gasteiger partial charge in [-0.15, -0.1) is 11.3 Å². The van der Waals surface area contributed by atoms with Gasteiger partial charge in [0.2, 0.25) is 15.9 Å². The molecular formula is C22H20N2O3S2. The lowest BCUT2D eigenvalue weighted by atomic mass is 10.1. The second kappa shape index (κ2) is 8.23. The van der Waals surface area contributed by atoms with Crippen molar-refractivity contribution in [2.45, 2.75) is 6.42 Å². The Labute approximate surface area is 174 Å². The SMILES string of the molecule is O=C(/C=C/c1ccc(N2CCCS2(=O)=O)cc1)Nc1ccccc1-c1cccs1. The molecule has 0 radical (unpaired) electrons. The maximum Gasteiger partial charge on any atom is 0.248 e. The van der Waals surface area contributed by atoms with Gasteiger partial charge in [0.15, 0.2) is 0 Å². The molecule has 5 nitrogen and oxygen atoms in total. The number of nitrogens with zero attached hydrogens (tertiary/aromatic N) is 1. The highest BCUT2D eigenvalue weighted by atomic mass is 32.2. The molecule has 1 aliphatic rings. The molecule has 0 spiro atoms. The second-order valence-electron chi connectivity index (χ2n) is 6.68. The molecule has 1 aromatic heterocycles. The van der Waals surface area contributed by atoms with Gasteiger partial charge in [0.05, 0.1) is 11.4 Å². The number of carbonyl (C=O) groups excluding carboxylic acids is 1. The lowest BCUT2D eigenvalue weighted by Gasteiger charge is -2.16. The van der Waals surface area contributed by atoms with Gasteiger partial charge in [-0.25, -0.2) is 8.42 Å². The maximum atomic E-state index is 12.4. The molecule has 0 unspecified atom stereocenters. The third kappa shape index (κ3) is 4.41. The molecule has 148 valence electrons. The van der Waals surface area contributed by atoms with Crippen molar-refractivity contribution in [2.24, 2.45) is 0 Å². The van der Waals surface area contributed by atoms with Gasteiger partial charge in [0.25, 0.3) is 0 Å². The molecule has 0 aliphatic carbocycles. The first-order chi connectivity index (χ1) is 14.0. The predicted molar refractivity (Wildman–Crippen MR) is 120 cm³/mol. The van der Waals surface area contributed by atoms with E-state index in [1.54, 1.807) is 29.5 Å². The summed E-state index contributed by atoms with van der Waals surface area (Å²) in [4.78, 5) is 13.5. The van der Waals surface area contributed by atoms with Crippen molar-refractivity contribution in [1.29, 1.82) is 0 Å². The molecule has 2 aromatic carbocycles. The van der Waals surface area contributed by atoms with E-state index in [2.05, 4.69) is 5.32 Å². The number of amides is 1. The molecule has 29 heavy (non-hydrogen) atoms. The Morgan fingerprint density at radius 2 is 1.83 bits per heavy atom. The number of anilines is 2. The number of rotatable bonds is 5. The van der Waals surface area contributed by atoms with E-state index in [0.29, 0.717) is 18.7 Å². The standard InChI is InChI=1S/C22H20N2O3S2/c25-22(23-20-6-2-1-5-19(20)21-7-3-15-28-21)13-10-17-8-11-18(12-9-17)24-14-4-16-29(24,26)27/h1-3,5-13,15H,4,14,16H2,(H,23,25)/b13-10+. The van der Waals surface area contributed by atoms with E-state index in [-0.39, 0.29) is 11.7 Å². The Balaban J connectivity index is 1.44. The molecule has 1 amide bonds. The highest BCUT2D eigenvalue weighted by Crippen LogP contribution is 2.31. The number of hydrogen-bond donors (Lipinski definition) is 1. The molecule has 1 fully saturated rings. The molecule has 1 N–H and O–H groups in total. The monoisotopic (exact) mass is 424 g/mol. The van der Waals surface area contributed by atoms with Gasteiger partial charge >= 0.3 is 0 Å². The third-order valence-corrected chi connectivity index (χ3v) is 7.45. The summed E-state index contributed by atoms with van der Waals surface area (Å²) >= 11 is 1.62. The number of hydrogen-bond acceptors (Lipinski definition) is 4. The van der Waals surface area contributed by atoms with Crippen molar-refractivity contribution in [3.05, 3.63) is 77.7 Å². The van der Waals surface area contributed by atoms with Crippen molar-refractivity contribution in [2.75, 3.05) is 21.9 Å². The summed E-state index contributed by atoms with van der Waals surface area (Å²) in [6.45, 7) is 0.517. The number of carbonyl (C=O) groups is 1. The van der Waals surface area contributed by atoms with Gasteiger partial charge in [-0.1, -0.05) is 36.4 Å². The second-order valence-corrected chi connectivity index (χ2v) is 9.64. The van der Waals surface area contributed by atoms with Crippen molar-refractivity contribution in [3.8, 4) is 10.4 Å². The highest BCUT2D eigenvalue weighted by molar-refractivity contribution is 7.93. The molecule has 1 saturated heterocycles. The number of benzene rings is 2. The molecule has 0 bridgehead atoms. The minimum absolute atomic E-state index is 0.196. The van der Waals surface area contributed by atoms with Crippen LogP contribution in [0.25, 0.3) is 16.5 Å². The van der Waals surface area contributed by atoms with Crippen LogP contribution in [0.5, 0.6) is 0 Å². The molecular weight excluding hydrogens is 404 g/mol. The van der Waals surface area contributed by atoms with Gasteiger partial charge in [-0.3, -0.25) is 9.10 Å². The largest absolute Gasteiger partial charge is 0.322 e. The summed E-state index contributed by atoms with van der Waals surface area (Å²) in [5.41, 5.74) is 3.24. The summed E-state index contributed by atoms with van der Waals surface area (Å²) in [7, 11) is -3.18. The fourth-order valence-electron chi connectivity index (χ4n) is 3.27. The van der Waals surface area contributed by atoms with Crippen LogP contribution in [0.2, 0.25) is 0 Å². The van der Waals surface area contributed by atoms with E-state index in [4.69, 9.17) is 0 Å². The van der Waals surface area contributed by atoms with Crippen molar-refractivity contribution < 1.29 is 13.2 Å². The Hall–Kier alpha value is -2.90. The van der Waals surface area contributed by atoms with E-state index >= 15 is 0 Å². The van der Waals surface area contributed by atoms with Crippen molar-refractivity contribution in [1.82, 2.24) is 0 Å². The van der Waals surface area contributed by atoms with E-state index < -0.39 is 10.0 Å². The minimum Gasteiger partial charge on any atom is -0.322 e. The summed E-state index contributed by atoms with van der Waals surface area (Å²) in [6, 6.07) is 18.9. The van der Waals surface area contributed by atoms with Crippen LogP contribution >= 0.6 is 11.3 Å². The van der Waals surface area contributed by atoms with Crippen LogP contribution in [0, 0.1) is 0 Å². The van der Waals surface area contributed by atoms with Crippen LogP contribution in [-0.4, -0.2) is 26.6 Å². The predicted octanol–water partition coefficient (Wildman–Crippen LogP) is 4.61. The molecule has 0 saturated carbocycles. The van der Waals surface area contributed by atoms with E-state index in [1.165, 1.54) is 10.4 Å². The molecule has 3 aromatic rings. The first-order valence-electron chi connectivity index (χ1n) is 9.25. The third-order valence-electron chi connectivity index (χ3n) is 4.68. The average molecular weight is 425 g/mol. The van der Waals surface area contributed by atoms with Gasteiger partial charge in [0, 0.05) is 28.7 Å². The number of nitrogens with one attached hydrogen (secondary N) is 1. The van der Waals surface area contributed by atoms with Crippen LogP contribution < -0.4 is 9.62 Å². The molecule has 1 aliphatic heterocycles. The number of sulfonamides is 1. The van der Waals surface area contributed by atoms with E-state index in [0.717, 1.165) is 21.7 Å². The minimum atomic E-state index is -3.18. The number of para-hydroxylation sites is 1. The summed E-state index contributed by atoms with van der Waals surface area (Å²) in [6.07, 6.45) is 3.84. The molecule has 2 heterocycles. The van der Waals surface area contributed by atoms with Crippen LogP contribution in [0.3, 0.4) is 0 Å². The van der Waals surface area contributed by atoms with Crippen molar-refractivity contribution >= 4 is 44.7 Å². The highest BCUT2D eigenvalue weighted by Gasteiger charge is 2.28. The van der Waals surface area contributed by atoms with Gasteiger partial charge < -0.3 is 5.32 Å². The Morgan fingerprint density at radius 1 is 1.03 bits per heavy atom. The maximum absolute atomic E-state index is 12.4. The Morgan fingerprint density at radius 3 is 2.52 bits per heavy atom. The fourth-order valence-corrected chi connectivity index (χ4v) is 5.60. The topological polar surface area (TPSA) is 66.5 Å². The first kappa shape index (κ1) is 19.4. The van der Waals surface area contributed by atoms with Gasteiger partial charge in [-0.2, -0.15) is 0 Å². The molecule has 4 rings (SSSR count). The Kier molecular flexibility index (Phi) is 5.51. The quantitative estimate of drug-likeness (QED) is 0.609. The summed E-state index contributed by atoms with van der Waals surface area (Å²) in [5.74, 6) is -0.0258. The smallest absolute Gasteiger partial charge is 0.248 e. The molecule has 7 heteroatoms. The molecule has 0 atom stereocenters. The van der Waals surface area contributed by atoms with Gasteiger partial charge in [-0.05, 0) is 47.7 Å². The Bertz CT molecular complexity index is 1140. The fraction of sp³-hybridized carbons (Fsp3) is 0.136. The number of thiophene rings is 1. The lowest BCUT2D eigenvalue weighted by molar-refractivity contribution is -0.111. The van der Waals surface area contributed by atoms with Gasteiger partial charge in [0.1, 0.15) is 0 Å². The zero-order valence-electron chi connectivity index (χ0n) is 15.6.